The van der Waals surface area contributed by atoms with Gasteiger partial charge in [-0.3, -0.25) is 14.5 Å². The molecule has 1 unspecified atom stereocenters. The Kier molecular flexibility index (Phi) is 5.73. The molecular weight excluding hydrogens is 410 g/mol. The number of anilines is 1. The van der Waals surface area contributed by atoms with E-state index in [9.17, 15) is 19.8 Å². The summed E-state index contributed by atoms with van der Waals surface area (Å²) in [5, 5.41) is 21.5. The van der Waals surface area contributed by atoms with Gasteiger partial charge in [0.15, 0.2) is 0 Å². The van der Waals surface area contributed by atoms with Gasteiger partial charge in [0.2, 0.25) is 0 Å². The van der Waals surface area contributed by atoms with Gasteiger partial charge in [-0.25, -0.2) is 0 Å². The number of hydrogen-bond acceptors (Lipinski definition) is 6. The van der Waals surface area contributed by atoms with E-state index in [4.69, 9.17) is 9.15 Å². The molecule has 2 aromatic carbocycles. The highest BCUT2D eigenvalue weighted by molar-refractivity contribution is 6.51. The summed E-state index contributed by atoms with van der Waals surface area (Å²) in [6.07, 6.45) is 2.28. The predicted octanol–water partition coefficient (Wildman–Crippen LogP) is 4.71. The molecule has 1 amide bonds. The van der Waals surface area contributed by atoms with E-state index < -0.39 is 17.7 Å². The summed E-state index contributed by atoms with van der Waals surface area (Å²) in [6.45, 7) is 4.41. The molecule has 0 saturated carbocycles. The molecule has 1 atom stereocenters. The molecule has 3 aromatic rings. The van der Waals surface area contributed by atoms with Gasteiger partial charge in [0.25, 0.3) is 11.7 Å². The van der Waals surface area contributed by atoms with Crippen molar-refractivity contribution in [3.63, 3.8) is 0 Å². The first-order valence-electron chi connectivity index (χ1n) is 10.3. The Hall–Kier alpha value is -4.00. The van der Waals surface area contributed by atoms with E-state index in [1.54, 1.807) is 42.5 Å². The SMILES string of the molecule is CCCOc1ccc(/C(O)=C2/C(=O)C(=O)N(c3ccccc3O)C2c2ccco2)cc1C. The number of aryl methyl sites for hydroxylation is 1. The number of ketones is 1. The van der Waals surface area contributed by atoms with Crippen molar-refractivity contribution in [1.29, 1.82) is 0 Å². The molecule has 32 heavy (non-hydrogen) atoms. The number of furan rings is 1. The molecular formula is C25H23NO6. The van der Waals surface area contributed by atoms with Crippen LogP contribution in [0.15, 0.2) is 70.9 Å². The van der Waals surface area contributed by atoms with Crippen molar-refractivity contribution >= 4 is 23.1 Å². The van der Waals surface area contributed by atoms with Crippen LogP contribution in [0.3, 0.4) is 0 Å². The monoisotopic (exact) mass is 433 g/mol. The first-order valence-corrected chi connectivity index (χ1v) is 10.3. The number of para-hydroxylation sites is 2. The summed E-state index contributed by atoms with van der Waals surface area (Å²) >= 11 is 0. The van der Waals surface area contributed by atoms with Crippen LogP contribution in [-0.4, -0.2) is 28.5 Å². The summed E-state index contributed by atoms with van der Waals surface area (Å²) < 4.78 is 11.2. The van der Waals surface area contributed by atoms with Crippen LogP contribution in [0.2, 0.25) is 0 Å². The Morgan fingerprint density at radius 3 is 2.56 bits per heavy atom. The molecule has 164 valence electrons. The normalized spacial score (nSPS) is 17.7. The fourth-order valence-corrected chi connectivity index (χ4v) is 3.79. The van der Waals surface area contributed by atoms with Crippen molar-refractivity contribution in [2.45, 2.75) is 26.3 Å². The third-order valence-corrected chi connectivity index (χ3v) is 5.31. The number of rotatable bonds is 6. The average Bonchev–Trinajstić information content (AvgIpc) is 3.40. The van der Waals surface area contributed by atoms with Gasteiger partial charge < -0.3 is 19.4 Å². The topological polar surface area (TPSA) is 100 Å². The van der Waals surface area contributed by atoms with E-state index in [2.05, 4.69) is 0 Å². The van der Waals surface area contributed by atoms with Crippen molar-refractivity contribution in [1.82, 2.24) is 0 Å². The largest absolute Gasteiger partial charge is 0.507 e. The number of carbonyl (C=O) groups is 2. The predicted molar refractivity (Wildman–Crippen MR) is 119 cm³/mol. The van der Waals surface area contributed by atoms with E-state index in [1.165, 1.54) is 18.4 Å². The number of phenols is 1. The molecule has 0 radical (unpaired) electrons. The standard InChI is InChI=1S/C25H23NO6/c1-3-12-31-19-11-10-16(14-15(19)2)23(28)21-22(20-9-6-13-32-20)26(25(30)24(21)29)17-7-4-5-8-18(17)27/h4-11,13-14,22,27-28H,3,12H2,1-2H3/b23-21-. The third-order valence-electron chi connectivity index (χ3n) is 5.31. The first-order chi connectivity index (χ1) is 15.4. The number of amides is 1. The maximum atomic E-state index is 13.1. The van der Waals surface area contributed by atoms with E-state index in [0.717, 1.165) is 16.9 Å². The first kappa shape index (κ1) is 21.2. The number of Topliss-reactive ketones (excluding diaryl/α,β-unsaturated/α-hetero) is 1. The van der Waals surface area contributed by atoms with E-state index >= 15 is 0 Å². The Bertz CT molecular complexity index is 1190. The number of carbonyl (C=O) groups excluding carboxylic acids is 2. The lowest BCUT2D eigenvalue weighted by Crippen LogP contribution is -2.29. The van der Waals surface area contributed by atoms with Gasteiger partial charge in [0, 0.05) is 5.56 Å². The van der Waals surface area contributed by atoms with Crippen LogP contribution in [0.4, 0.5) is 5.69 Å². The van der Waals surface area contributed by atoms with Crippen LogP contribution in [-0.2, 0) is 9.59 Å². The lowest BCUT2D eigenvalue weighted by Gasteiger charge is -2.24. The minimum Gasteiger partial charge on any atom is -0.507 e. The summed E-state index contributed by atoms with van der Waals surface area (Å²) in [7, 11) is 0. The Morgan fingerprint density at radius 1 is 1.12 bits per heavy atom. The van der Waals surface area contributed by atoms with Crippen molar-refractivity contribution in [2.24, 2.45) is 0 Å². The molecule has 2 N–H and O–H groups in total. The highest BCUT2D eigenvalue weighted by Crippen LogP contribution is 2.44. The van der Waals surface area contributed by atoms with Gasteiger partial charge >= 0.3 is 0 Å². The molecule has 0 spiro atoms. The number of nitrogens with zero attached hydrogens (tertiary/aromatic N) is 1. The molecule has 4 rings (SSSR count). The van der Waals surface area contributed by atoms with Crippen LogP contribution in [0.25, 0.3) is 5.76 Å². The molecule has 0 bridgehead atoms. The molecule has 2 heterocycles. The number of aliphatic hydroxyl groups is 1. The zero-order valence-corrected chi connectivity index (χ0v) is 17.7. The highest BCUT2D eigenvalue weighted by Gasteiger charge is 2.49. The molecule has 1 aromatic heterocycles. The summed E-state index contributed by atoms with van der Waals surface area (Å²) in [5.74, 6) is -1.26. The van der Waals surface area contributed by atoms with E-state index in [-0.39, 0.29) is 28.5 Å². The molecule has 0 aliphatic carbocycles. The Labute approximate surface area is 185 Å². The molecule has 1 fully saturated rings. The van der Waals surface area contributed by atoms with Crippen molar-refractivity contribution in [2.75, 3.05) is 11.5 Å². The van der Waals surface area contributed by atoms with Crippen molar-refractivity contribution in [3.05, 3.63) is 83.3 Å². The third kappa shape index (κ3) is 3.62. The Balaban J connectivity index is 1.86. The molecule has 1 aliphatic rings. The minimum absolute atomic E-state index is 0.116. The second kappa shape index (κ2) is 8.63. The fraction of sp³-hybridized carbons (Fsp3) is 0.200. The van der Waals surface area contributed by atoms with Crippen LogP contribution >= 0.6 is 0 Å². The lowest BCUT2D eigenvalue weighted by molar-refractivity contribution is -0.132. The molecule has 1 aliphatic heterocycles. The van der Waals surface area contributed by atoms with Crippen LogP contribution in [0.5, 0.6) is 11.5 Å². The lowest BCUT2D eigenvalue weighted by atomic mass is 9.98. The van der Waals surface area contributed by atoms with Gasteiger partial charge in [-0.15, -0.1) is 0 Å². The summed E-state index contributed by atoms with van der Waals surface area (Å²) in [4.78, 5) is 27.2. The van der Waals surface area contributed by atoms with E-state index in [0.29, 0.717) is 17.9 Å². The zero-order valence-electron chi connectivity index (χ0n) is 17.7. The molecule has 7 heteroatoms. The number of phenolic OH excluding ortho intramolecular Hbond substituents is 1. The summed E-state index contributed by atoms with van der Waals surface area (Å²) in [5.41, 5.74) is 1.19. The zero-order chi connectivity index (χ0) is 22.8. The second-order valence-electron chi connectivity index (χ2n) is 7.50. The van der Waals surface area contributed by atoms with Gasteiger partial charge in [-0.2, -0.15) is 0 Å². The Morgan fingerprint density at radius 2 is 1.91 bits per heavy atom. The summed E-state index contributed by atoms with van der Waals surface area (Å²) in [6, 6.07) is 13.5. The fourth-order valence-electron chi connectivity index (χ4n) is 3.79. The maximum absolute atomic E-state index is 13.1. The van der Waals surface area contributed by atoms with Gasteiger partial charge in [-0.05, 0) is 61.4 Å². The maximum Gasteiger partial charge on any atom is 0.300 e. The average molecular weight is 433 g/mol. The molecule has 1 saturated heterocycles. The number of aromatic hydroxyl groups is 1. The van der Waals surface area contributed by atoms with Crippen molar-refractivity contribution < 1.29 is 29.0 Å². The minimum atomic E-state index is -1.03. The van der Waals surface area contributed by atoms with E-state index in [1.807, 2.05) is 13.8 Å². The number of aliphatic hydroxyl groups excluding tert-OH is 1. The van der Waals surface area contributed by atoms with Crippen LogP contribution in [0, 0.1) is 6.92 Å². The van der Waals surface area contributed by atoms with Crippen LogP contribution < -0.4 is 9.64 Å². The number of hydrogen-bond donors (Lipinski definition) is 2. The van der Waals surface area contributed by atoms with Gasteiger partial charge in [-0.1, -0.05) is 19.1 Å². The van der Waals surface area contributed by atoms with Crippen molar-refractivity contribution in [3.8, 4) is 11.5 Å². The molecule has 7 nitrogen and oxygen atoms in total. The smallest absolute Gasteiger partial charge is 0.300 e. The highest BCUT2D eigenvalue weighted by atomic mass is 16.5. The second-order valence-corrected chi connectivity index (χ2v) is 7.50. The number of ether oxygens (including phenoxy) is 1. The van der Waals surface area contributed by atoms with Gasteiger partial charge in [0.1, 0.15) is 29.1 Å². The van der Waals surface area contributed by atoms with Gasteiger partial charge in [0.05, 0.1) is 24.1 Å². The quantitative estimate of drug-likeness (QED) is 0.332. The van der Waals surface area contributed by atoms with Crippen LogP contribution in [0.1, 0.15) is 36.3 Å². The number of benzene rings is 2.